The van der Waals surface area contributed by atoms with Crippen molar-refractivity contribution in [1.29, 1.82) is 0 Å². The van der Waals surface area contributed by atoms with Crippen molar-refractivity contribution in [2.24, 2.45) is 5.92 Å². The summed E-state index contributed by atoms with van der Waals surface area (Å²) in [5.41, 5.74) is 10.1. The summed E-state index contributed by atoms with van der Waals surface area (Å²) < 4.78 is 65.5. The van der Waals surface area contributed by atoms with Crippen molar-refractivity contribution in [2.45, 2.75) is 89.4 Å². The fraction of sp³-hybridized carbons (Fsp3) is 0.621. The molecule has 9 atom stereocenters. The molecule has 5 unspecified atom stereocenters. The smallest absolute Gasteiger partial charge is 0.280 e. The van der Waals surface area contributed by atoms with E-state index in [1.165, 1.54) is 31.9 Å². The molecule has 6 heterocycles. The minimum absolute atomic E-state index is 0.0165. The Morgan fingerprint density at radius 2 is 1.55 bits per heavy atom. The highest BCUT2D eigenvalue weighted by Gasteiger charge is 2.50. The molecule has 2 aliphatic heterocycles. The first kappa shape index (κ1) is 38.4. The number of ether oxygens (including phenoxy) is 4. The second-order valence-electron chi connectivity index (χ2n) is 13.1. The zero-order chi connectivity index (χ0) is 38.4. The number of methoxy groups -OCH3 is 1. The zero-order valence-corrected chi connectivity index (χ0v) is 30.1. The molecule has 0 radical (unpaired) electrons. The van der Waals surface area contributed by atoms with Gasteiger partial charge in [0, 0.05) is 26.0 Å². The highest BCUT2D eigenvalue weighted by molar-refractivity contribution is 7.45. The molecular formula is C29H40FN11O11P-. The quantitative estimate of drug-likeness (QED) is 0.1000. The number of aromatic nitrogens is 8. The van der Waals surface area contributed by atoms with Crippen LogP contribution in [0.5, 0.6) is 0 Å². The summed E-state index contributed by atoms with van der Waals surface area (Å²) in [6, 6.07) is 0. The van der Waals surface area contributed by atoms with Crippen LogP contribution in [0.3, 0.4) is 0 Å². The number of nitrogens with two attached hydrogens (primary N) is 2. The van der Waals surface area contributed by atoms with Crippen LogP contribution in [0.2, 0.25) is 0 Å². The van der Waals surface area contributed by atoms with Crippen LogP contribution >= 0.6 is 7.82 Å². The Hall–Kier alpha value is -4.35. The van der Waals surface area contributed by atoms with E-state index in [2.05, 4.69) is 35.2 Å². The van der Waals surface area contributed by atoms with Crippen molar-refractivity contribution in [1.82, 2.24) is 44.4 Å². The van der Waals surface area contributed by atoms with E-state index < -0.39 is 86.5 Å². The summed E-state index contributed by atoms with van der Waals surface area (Å²) in [6.45, 7) is 6.20. The second-order valence-corrected chi connectivity index (χ2v) is 14.4. The van der Waals surface area contributed by atoms with Crippen LogP contribution < -0.4 is 32.8 Å². The maximum absolute atomic E-state index is 16.2. The van der Waals surface area contributed by atoms with Crippen LogP contribution in [-0.2, 0) is 37.4 Å². The van der Waals surface area contributed by atoms with Gasteiger partial charge < -0.3 is 49.7 Å². The highest BCUT2D eigenvalue weighted by Crippen LogP contribution is 2.47. The Labute approximate surface area is 299 Å². The Balaban J connectivity index is 1.23. The number of nitrogens with zero attached hydrogens (tertiary/aromatic N) is 6. The summed E-state index contributed by atoms with van der Waals surface area (Å²) in [6.07, 6.45) is -8.17. The van der Waals surface area contributed by atoms with Crippen molar-refractivity contribution in [3.05, 3.63) is 33.4 Å². The molecule has 2 aliphatic rings. The lowest BCUT2D eigenvalue weighted by atomic mass is 9.93. The Morgan fingerprint density at radius 1 is 0.981 bits per heavy atom. The van der Waals surface area contributed by atoms with Gasteiger partial charge in [0.15, 0.2) is 41.0 Å². The molecule has 290 valence electrons. The molecule has 2 saturated heterocycles. The third-order valence-electron chi connectivity index (χ3n) is 8.59. The van der Waals surface area contributed by atoms with Gasteiger partial charge in [0.25, 0.3) is 18.9 Å². The first-order chi connectivity index (χ1) is 25.1. The molecule has 4 aromatic rings. The van der Waals surface area contributed by atoms with E-state index in [0.29, 0.717) is 0 Å². The fourth-order valence-electron chi connectivity index (χ4n) is 6.39. The van der Waals surface area contributed by atoms with E-state index in [0.717, 1.165) is 10.9 Å². The largest absolute Gasteiger partial charge is 0.756 e. The second kappa shape index (κ2) is 15.2. The molecule has 0 aliphatic carbocycles. The van der Waals surface area contributed by atoms with Gasteiger partial charge in [-0.05, 0) is 27.7 Å². The molecule has 4 aromatic heterocycles. The summed E-state index contributed by atoms with van der Waals surface area (Å²) in [7, 11) is -3.66. The number of hydrogen-bond donors (Lipinski definition) is 5. The molecule has 0 saturated carbocycles. The number of H-pyrrole nitrogens is 2. The number of rotatable bonds is 14. The number of carbonyl (C=O) groups is 1. The van der Waals surface area contributed by atoms with E-state index in [-0.39, 0.29) is 53.4 Å². The monoisotopic (exact) mass is 768 g/mol. The number of fused-ring (bicyclic) bond motifs is 2. The van der Waals surface area contributed by atoms with Gasteiger partial charge in [0.2, 0.25) is 17.8 Å². The van der Waals surface area contributed by atoms with Gasteiger partial charge in [0.05, 0.1) is 37.6 Å². The van der Waals surface area contributed by atoms with Gasteiger partial charge in [-0.15, -0.1) is 0 Å². The third-order valence-corrected chi connectivity index (χ3v) is 9.77. The van der Waals surface area contributed by atoms with Crippen molar-refractivity contribution >= 4 is 48.0 Å². The van der Waals surface area contributed by atoms with Crippen LogP contribution in [0.4, 0.5) is 16.3 Å². The molecule has 7 N–H and O–H groups in total. The number of nitrogen functional groups attached to an aromatic ring is 2. The van der Waals surface area contributed by atoms with Gasteiger partial charge in [-0.2, -0.15) is 9.97 Å². The SMILES string of the molecule is COC1C(CC(=O)NC[C@H]2O[C@@H](n3cnc4c(=O)[nH]c(N)nc43)C(F)C2OP(=O)([O-])OC(C)C)[C@@H](COC(C)C)O[C@H]1n1cnc2c(=O)[nH]c(N)nc21. The molecule has 53 heavy (non-hydrogen) atoms. The maximum Gasteiger partial charge on any atom is 0.280 e. The van der Waals surface area contributed by atoms with E-state index in [4.69, 9.17) is 39.5 Å². The minimum Gasteiger partial charge on any atom is -0.756 e. The number of phosphoric ester groups is 1. The number of amides is 1. The predicted octanol–water partition coefficient (Wildman–Crippen LogP) is -0.609. The number of halogens is 1. The van der Waals surface area contributed by atoms with Gasteiger partial charge >= 0.3 is 0 Å². The standard InChI is InChI=1S/C29H41FN11O11P/c1-11(2)48-8-15-13(20(47-5)27(50-15)41-10-35-19-23(41)37-29(32)39-25(19)44)6-16(42)33-7-14-21(52-53(45,46)51-12(3)4)17(30)26(49-14)40-9-34-18-22(40)36-28(31)38-24(18)43/h9-15,17,20-21,26-27H,6-8H2,1-5H3,(H,33,42)(H,45,46)(H3,31,36,38,43)(H3,32,37,39,44)/p-1/t13?,14-,15-,17?,20?,21?,26-,27-/m1/s1. The normalized spacial score (nSPS) is 27.3. The molecule has 0 aromatic carbocycles. The van der Waals surface area contributed by atoms with Crippen LogP contribution in [0, 0.1) is 5.92 Å². The third kappa shape index (κ3) is 7.97. The summed E-state index contributed by atoms with van der Waals surface area (Å²) in [5, 5.41) is 2.67. The van der Waals surface area contributed by atoms with Gasteiger partial charge in [-0.3, -0.25) is 38.1 Å². The van der Waals surface area contributed by atoms with E-state index in [1.807, 2.05) is 13.8 Å². The summed E-state index contributed by atoms with van der Waals surface area (Å²) >= 11 is 0. The van der Waals surface area contributed by atoms with Crippen molar-refractivity contribution in [2.75, 3.05) is 31.7 Å². The number of nitrogens with one attached hydrogen (secondary N) is 3. The topological polar surface area (TPSA) is 304 Å². The van der Waals surface area contributed by atoms with E-state index in [1.54, 1.807) is 0 Å². The molecule has 0 spiro atoms. The first-order valence-electron chi connectivity index (χ1n) is 16.6. The van der Waals surface area contributed by atoms with Crippen LogP contribution in [0.1, 0.15) is 46.6 Å². The number of phosphoric acid groups is 1. The minimum atomic E-state index is -5.09. The van der Waals surface area contributed by atoms with Crippen molar-refractivity contribution in [3.8, 4) is 0 Å². The average molecular weight is 769 g/mol. The Kier molecular flexibility index (Phi) is 11.0. The molecule has 2 fully saturated rings. The average Bonchev–Trinajstić information content (AvgIpc) is 3.82. The maximum atomic E-state index is 16.2. The Bertz CT molecular complexity index is 2120. The highest BCUT2D eigenvalue weighted by atomic mass is 31.2. The first-order valence-corrected chi connectivity index (χ1v) is 18.0. The van der Waals surface area contributed by atoms with E-state index >= 15 is 4.39 Å². The van der Waals surface area contributed by atoms with Crippen molar-refractivity contribution < 1.29 is 46.6 Å². The lowest BCUT2D eigenvalue weighted by molar-refractivity contribution is -0.235. The van der Waals surface area contributed by atoms with E-state index in [9.17, 15) is 23.8 Å². The number of aromatic amines is 2. The molecular weight excluding hydrogens is 728 g/mol. The Morgan fingerprint density at radius 3 is 2.09 bits per heavy atom. The van der Waals surface area contributed by atoms with Crippen LogP contribution in [0.15, 0.2) is 22.2 Å². The number of carbonyl (C=O) groups excluding carboxylic acids is 1. The molecule has 0 bridgehead atoms. The summed E-state index contributed by atoms with van der Waals surface area (Å²) in [4.78, 5) is 72.2. The lowest BCUT2D eigenvalue weighted by Crippen LogP contribution is -2.42. The molecule has 6 rings (SSSR count). The van der Waals surface area contributed by atoms with Crippen LogP contribution in [-0.4, -0.2) is 108 Å². The van der Waals surface area contributed by atoms with Crippen molar-refractivity contribution in [3.63, 3.8) is 0 Å². The number of alkyl halides is 1. The van der Waals surface area contributed by atoms with Gasteiger partial charge in [-0.1, -0.05) is 0 Å². The number of hydrogen-bond acceptors (Lipinski definition) is 17. The molecule has 22 nitrogen and oxygen atoms in total. The fourth-order valence-corrected chi connectivity index (χ4v) is 7.51. The van der Waals surface area contributed by atoms with Gasteiger partial charge in [-0.25, -0.2) is 14.4 Å². The number of anilines is 2. The summed E-state index contributed by atoms with van der Waals surface area (Å²) in [5.74, 6) is -1.62. The van der Waals surface area contributed by atoms with Crippen LogP contribution in [0.25, 0.3) is 22.3 Å². The van der Waals surface area contributed by atoms with Gasteiger partial charge in [0.1, 0.15) is 18.3 Å². The number of imidazole rings is 2. The lowest BCUT2D eigenvalue weighted by Gasteiger charge is -2.30. The zero-order valence-electron chi connectivity index (χ0n) is 29.2. The molecule has 1 amide bonds. The molecule has 24 heteroatoms. The predicted molar refractivity (Wildman–Crippen MR) is 180 cm³/mol.